The van der Waals surface area contributed by atoms with Crippen LogP contribution in [0.2, 0.25) is 5.02 Å². The number of ether oxygens (including phenoxy) is 1. The molecule has 3 rings (SSSR count). The Morgan fingerprint density at radius 2 is 1.73 bits per heavy atom. The summed E-state index contributed by atoms with van der Waals surface area (Å²) in [5.74, 6) is -0.778. The zero-order chi connectivity index (χ0) is 26.5. The minimum Gasteiger partial charge on any atom is -0.422 e. The van der Waals surface area contributed by atoms with Crippen LogP contribution < -0.4 is 15.5 Å². The van der Waals surface area contributed by atoms with Crippen molar-refractivity contribution in [2.45, 2.75) is 58.3 Å². The summed E-state index contributed by atoms with van der Waals surface area (Å²) in [5.41, 5.74) is 3.00. The summed E-state index contributed by atoms with van der Waals surface area (Å²) in [4.78, 5) is 36.9. The van der Waals surface area contributed by atoms with Crippen LogP contribution in [0.4, 0.5) is 0 Å². The number of benzene rings is 2. The molecule has 7 nitrogen and oxygen atoms in total. The van der Waals surface area contributed by atoms with E-state index in [0.29, 0.717) is 27.6 Å². The zero-order valence-electron chi connectivity index (χ0n) is 20.9. The maximum absolute atomic E-state index is 12.7. The van der Waals surface area contributed by atoms with Gasteiger partial charge in [0.15, 0.2) is 0 Å². The molecule has 0 aliphatic heterocycles. The number of fused-ring (bicyclic) bond motifs is 1. The summed E-state index contributed by atoms with van der Waals surface area (Å²) in [5, 5.41) is 7.71. The third-order valence-electron chi connectivity index (χ3n) is 5.65. The summed E-state index contributed by atoms with van der Waals surface area (Å²) in [7, 11) is 0. The normalized spacial score (nSPS) is 11.1. The molecule has 1 heterocycles. The number of nitrogens with one attached hydrogen (secondary N) is 2. The third kappa shape index (κ3) is 9.30. The smallest absolute Gasteiger partial charge is 0.355 e. The highest BCUT2D eigenvalue weighted by Crippen LogP contribution is 2.35. The molecule has 9 heteroatoms. The van der Waals surface area contributed by atoms with E-state index < -0.39 is 11.9 Å². The van der Waals surface area contributed by atoms with Gasteiger partial charge in [-0.05, 0) is 30.2 Å². The first-order valence-electron chi connectivity index (χ1n) is 12.6. The van der Waals surface area contributed by atoms with Crippen molar-refractivity contribution in [2.24, 2.45) is 5.10 Å². The second-order valence-corrected chi connectivity index (χ2v) is 10.1. The molecule has 2 aromatic carbocycles. The van der Waals surface area contributed by atoms with E-state index >= 15 is 0 Å². The topological polar surface area (TPSA) is 96.9 Å². The Morgan fingerprint density at radius 1 is 0.973 bits per heavy atom. The van der Waals surface area contributed by atoms with Crippen molar-refractivity contribution in [1.82, 2.24) is 10.7 Å². The zero-order valence-corrected chi connectivity index (χ0v) is 22.5. The number of nitrogens with zero attached hydrogens (tertiary/aromatic N) is 1. The minimum absolute atomic E-state index is 0.138. The second-order valence-electron chi connectivity index (χ2n) is 8.64. The van der Waals surface area contributed by atoms with Crippen molar-refractivity contribution >= 4 is 57.0 Å². The van der Waals surface area contributed by atoms with Crippen LogP contribution in [0.5, 0.6) is 5.75 Å². The maximum atomic E-state index is 12.7. The predicted octanol–water partition coefficient (Wildman–Crippen LogP) is 6.48. The molecule has 2 amide bonds. The largest absolute Gasteiger partial charge is 0.422 e. The molecular weight excluding hydrogens is 510 g/mol. The molecule has 0 unspecified atom stereocenters. The van der Waals surface area contributed by atoms with Gasteiger partial charge in [-0.25, -0.2) is 10.2 Å². The number of hydrogen-bond acceptors (Lipinski definition) is 6. The molecule has 0 radical (unpaired) electrons. The number of rotatable bonds is 14. The molecule has 0 aliphatic rings. The first-order valence-corrected chi connectivity index (χ1v) is 13.7. The molecular formula is C28H32ClN3O4S. The van der Waals surface area contributed by atoms with Gasteiger partial charge in [-0.3, -0.25) is 9.59 Å². The summed E-state index contributed by atoms with van der Waals surface area (Å²) in [6, 6.07) is 14.2. The number of thiophene rings is 1. The number of amides is 2. The fourth-order valence-electron chi connectivity index (χ4n) is 3.69. The Kier molecular flexibility index (Phi) is 11.6. The van der Waals surface area contributed by atoms with Gasteiger partial charge >= 0.3 is 5.97 Å². The summed E-state index contributed by atoms with van der Waals surface area (Å²) in [6.07, 6.45) is 9.79. The lowest BCUT2D eigenvalue weighted by atomic mass is 10.1. The number of hydrogen-bond donors (Lipinski definition) is 2. The van der Waals surface area contributed by atoms with Crippen LogP contribution in [0.25, 0.3) is 10.1 Å². The van der Waals surface area contributed by atoms with Crippen LogP contribution in [0.3, 0.4) is 0 Å². The lowest BCUT2D eigenvalue weighted by molar-refractivity contribution is -0.126. The SMILES string of the molecule is CCCCCCCCCC(=O)NCC(=O)N/N=C\c1cccc(OC(=O)c2sc3ccccc3c2Cl)c1. The van der Waals surface area contributed by atoms with E-state index in [4.69, 9.17) is 16.3 Å². The Bertz CT molecular complexity index is 1240. The highest BCUT2D eigenvalue weighted by atomic mass is 35.5. The quantitative estimate of drug-likeness (QED) is 0.0802. The van der Waals surface area contributed by atoms with Crippen molar-refractivity contribution < 1.29 is 19.1 Å². The number of esters is 1. The lowest BCUT2D eigenvalue weighted by Crippen LogP contribution is -2.34. The summed E-state index contributed by atoms with van der Waals surface area (Å²) < 4.78 is 6.41. The van der Waals surface area contributed by atoms with E-state index in [1.807, 2.05) is 24.3 Å². The third-order valence-corrected chi connectivity index (χ3v) is 7.30. The van der Waals surface area contributed by atoms with Gasteiger partial charge in [0.1, 0.15) is 10.6 Å². The number of hydrazone groups is 1. The van der Waals surface area contributed by atoms with Crippen molar-refractivity contribution in [3.8, 4) is 5.75 Å². The maximum Gasteiger partial charge on any atom is 0.355 e. The highest BCUT2D eigenvalue weighted by Gasteiger charge is 2.19. The minimum atomic E-state index is -0.541. The van der Waals surface area contributed by atoms with Crippen LogP contribution in [0.15, 0.2) is 53.6 Å². The molecule has 0 spiro atoms. The summed E-state index contributed by atoms with van der Waals surface area (Å²) >= 11 is 7.65. The van der Waals surface area contributed by atoms with Gasteiger partial charge in [0.25, 0.3) is 5.91 Å². The van der Waals surface area contributed by atoms with E-state index in [-0.39, 0.29) is 12.5 Å². The molecule has 0 atom stereocenters. The van der Waals surface area contributed by atoms with Gasteiger partial charge in [0, 0.05) is 16.5 Å². The molecule has 0 aliphatic carbocycles. The Morgan fingerprint density at radius 3 is 2.51 bits per heavy atom. The number of carbonyl (C=O) groups is 3. The van der Waals surface area contributed by atoms with Gasteiger partial charge in [-0.2, -0.15) is 5.10 Å². The first-order chi connectivity index (χ1) is 18.0. The van der Waals surface area contributed by atoms with Crippen molar-refractivity contribution in [2.75, 3.05) is 6.54 Å². The molecule has 0 saturated carbocycles. The molecule has 2 N–H and O–H groups in total. The molecule has 0 saturated heterocycles. The average Bonchev–Trinajstić information content (AvgIpc) is 3.24. The van der Waals surface area contributed by atoms with Gasteiger partial charge in [-0.1, -0.05) is 87.4 Å². The van der Waals surface area contributed by atoms with E-state index in [0.717, 1.165) is 29.3 Å². The predicted molar refractivity (Wildman–Crippen MR) is 150 cm³/mol. The Hall–Kier alpha value is -3.23. The Labute approximate surface area is 226 Å². The molecule has 1 aromatic heterocycles. The van der Waals surface area contributed by atoms with Crippen molar-refractivity contribution in [3.05, 3.63) is 64.0 Å². The standard InChI is InChI=1S/C28H32ClN3O4S/c1-2-3-4-5-6-7-8-16-24(33)30-19-25(34)32-31-18-20-12-11-13-21(17-20)36-28(35)27-26(29)22-14-9-10-15-23(22)37-27/h9-15,17-18H,2-8,16,19H2,1H3,(H,30,33)(H,32,34)/b31-18-. The first kappa shape index (κ1) is 28.3. The van der Waals surface area contributed by atoms with Crippen LogP contribution in [0.1, 0.15) is 73.5 Å². The van der Waals surface area contributed by atoms with Crippen LogP contribution in [-0.2, 0) is 9.59 Å². The summed E-state index contributed by atoms with van der Waals surface area (Å²) in [6.45, 7) is 2.05. The lowest BCUT2D eigenvalue weighted by Gasteiger charge is -2.05. The van der Waals surface area contributed by atoms with E-state index in [2.05, 4.69) is 22.8 Å². The van der Waals surface area contributed by atoms with Crippen LogP contribution in [-0.4, -0.2) is 30.5 Å². The molecule has 0 fully saturated rings. The molecule has 0 bridgehead atoms. The molecule has 37 heavy (non-hydrogen) atoms. The fourth-order valence-corrected chi connectivity index (χ4v) is 5.07. The fraction of sp³-hybridized carbons (Fsp3) is 0.357. The van der Waals surface area contributed by atoms with E-state index in [1.54, 1.807) is 24.3 Å². The second kappa shape index (κ2) is 15.1. The number of halogens is 1. The van der Waals surface area contributed by atoms with Crippen LogP contribution >= 0.6 is 22.9 Å². The average molecular weight is 542 g/mol. The van der Waals surface area contributed by atoms with Crippen LogP contribution in [0, 0.1) is 0 Å². The van der Waals surface area contributed by atoms with Gasteiger partial charge < -0.3 is 10.1 Å². The monoisotopic (exact) mass is 541 g/mol. The van der Waals surface area contributed by atoms with Gasteiger partial charge in [0.2, 0.25) is 5.91 Å². The molecule has 3 aromatic rings. The Balaban J connectivity index is 1.40. The number of carbonyl (C=O) groups excluding carboxylic acids is 3. The molecule has 196 valence electrons. The van der Waals surface area contributed by atoms with E-state index in [9.17, 15) is 14.4 Å². The van der Waals surface area contributed by atoms with Crippen molar-refractivity contribution in [1.29, 1.82) is 0 Å². The van der Waals surface area contributed by atoms with E-state index in [1.165, 1.54) is 43.2 Å². The van der Waals surface area contributed by atoms with Gasteiger partial charge in [-0.15, -0.1) is 11.3 Å². The number of unbranched alkanes of at least 4 members (excludes halogenated alkanes) is 6. The van der Waals surface area contributed by atoms with Crippen molar-refractivity contribution in [3.63, 3.8) is 0 Å². The highest BCUT2D eigenvalue weighted by molar-refractivity contribution is 7.21. The van der Waals surface area contributed by atoms with Gasteiger partial charge in [0.05, 0.1) is 17.8 Å².